The number of furan rings is 1. The average Bonchev–Trinajstić information content (AvgIpc) is 3.50. The van der Waals surface area contributed by atoms with E-state index in [2.05, 4.69) is 18.2 Å². The molecule has 7 aromatic carbocycles. The molecular formula is C40H23N3O2. The van der Waals surface area contributed by atoms with Crippen LogP contribution in [0, 0.1) is 0 Å². The van der Waals surface area contributed by atoms with Gasteiger partial charge in [-0.1, -0.05) is 121 Å². The van der Waals surface area contributed by atoms with Gasteiger partial charge in [-0.25, -0.2) is 9.97 Å². The number of rotatable bonds is 2. The molecular weight excluding hydrogens is 554 g/mol. The number of nitrogens with zero attached hydrogens (tertiary/aromatic N) is 3. The summed E-state index contributed by atoms with van der Waals surface area (Å²) in [7, 11) is 0. The molecule has 0 radical (unpaired) electrons. The lowest BCUT2D eigenvalue weighted by molar-refractivity contribution is 0.315. The number of fused-ring (bicyclic) bond motifs is 13. The van der Waals surface area contributed by atoms with Crippen molar-refractivity contribution in [1.29, 1.82) is 0 Å². The van der Waals surface area contributed by atoms with E-state index in [0.717, 1.165) is 65.6 Å². The molecule has 2 aromatic heterocycles. The Bertz CT molecular complexity index is 2760. The minimum absolute atomic E-state index is 0.256. The third-order valence-electron chi connectivity index (χ3n) is 8.72. The van der Waals surface area contributed by atoms with E-state index in [1.807, 2.05) is 103 Å². The molecule has 0 atom stereocenters. The number of benzene rings is 7. The minimum atomic E-state index is 0.256. The molecule has 0 amide bonds. The Balaban J connectivity index is 1.40. The maximum Gasteiger partial charge on any atom is 0.265 e. The summed E-state index contributed by atoms with van der Waals surface area (Å²) >= 11 is 0. The number of para-hydroxylation sites is 2. The van der Waals surface area contributed by atoms with Crippen molar-refractivity contribution in [2.24, 2.45) is 0 Å². The van der Waals surface area contributed by atoms with Crippen LogP contribution in [-0.2, 0) is 0 Å². The van der Waals surface area contributed by atoms with Gasteiger partial charge < -0.3 is 9.25 Å². The molecule has 10 rings (SSSR count). The van der Waals surface area contributed by atoms with Gasteiger partial charge in [-0.3, -0.25) is 0 Å². The highest BCUT2D eigenvalue weighted by molar-refractivity contribution is 6.29. The Labute approximate surface area is 260 Å². The Morgan fingerprint density at radius 3 is 2.24 bits per heavy atom. The molecule has 3 heterocycles. The van der Waals surface area contributed by atoms with Crippen LogP contribution in [0.5, 0.6) is 5.75 Å². The zero-order valence-corrected chi connectivity index (χ0v) is 23.8. The Hall–Kier alpha value is -6.20. The van der Waals surface area contributed by atoms with Gasteiger partial charge in [0.1, 0.15) is 11.3 Å². The molecule has 9 aromatic rings. The van der Waals surface area contributed by atoms with E-state index < -0.39 is 0 Å². The first-order valence-electron chi connectivity index (χ1n) is 15.8. The van der Waals surface area contributed by atoms with Gasteiger partial charge in [-0.05, 0) is 39.7 Å². The smallest absolute Gasteiger partial charge is 0.265 e. The molecule has 0 N–H and O–H groups in total. The standard InChI is InChI=1S/C40H23N3O2/c1-2-13-25(14-3-1)37-29-18-8-10-20-31(29)41-40(42-37)43-38-36(35-26-15-5-4-12-24(26)22-23-33(35)45-43)28-17-7-6-16-27(28)34-30-19-9-11-21-32(30)44-39(34)38/h1-23H/i9D,23D. The van der Waals surface area contributed by atoms with Crippen molar-refractivity contribution in [3.63, 3.8) is 0 Å². The second-order valence-corrected chi connectivity index (χ2v) is 11.2. The highest BCUT2D eigenvalue weighted by atomic mass is 16.7. The van der Waals surface area contributed by atoms with Crippen molar-refractivity contribution >= 4 is 66.0 Å². The first kappa shape index (κ1) is 22.4. The van der Waals surface area contributed by atoms with Gasteiger partial charge in [-0.2, -0.15) is 0 Å². The van der Waals surface area contributed by atoms with Crippen LogP contribution < -0.4 is 9.90 Å². The fourth-order valence-electron chi connectivity index (χ4n) is 6.78. The molecule has 0 spiro atoms. The Morgan fingerprint density at radius 1 is 0.600 bits per heavy atom. The lowest BCUT2D eigenvalue weighted by atomic mass is 9.89. The van der Waals surface area contributed by atoms with Crippen LogP contribution >= 0.6 is 0 Å². The van der Waals surface area contributed by atoms with Crippen LogP contribution in [0.2, 0.25) is 0 Å². The van der Waals surface area contributed by atoms with Crippen molar-refractivity contribution in [3.05, 3.63) is 139 Å². The molecule has 45 heavy (non-hydrogen) atoms. The lowest BCUT2D eigenvalue weighted by Gasteiger charge is -2.32. The molecule has 0 saturated heterocycles. The van der Waals surface area contributed by atoms with E-state index in [0.29, 0.717) is 34.6 Å². The van der Waals surface area contributed by atoms with Gasteiger partial charge in [0, 0.05) is 32.8 Å². The number of hydrogen-bond donors (Lipinski definition) is 0. The van der Waals surface area contributed by atoms with Crippen LogP contribution in [-0.4, -0.2) is 9.97 Å². The summed E-state index contributed by atoms with van der Waals surface area (Å²) in [6.45, 7) is 0. The van der Waals surface area contributed by atoms with Gasteiger partial charge in [0.15, 0.2) is 11.3 Å². The quantitative estimate of drug-likeness (QED) is 0.204. The van der Waals surface area contributed by atoms with Gasteiger partial charge in [-0.15, -0.1) is 5.06 Å². The average molecular weight is 580 g/mol. The van der Waals surface area contributed by atoms with Crippen molar-refractivity contribution in [1.82, 2.24) is 9.97 Å². The molecule has 0 bridgehead atoms. The third-order valence-corrected chi connectivity index (χ3v) is 8.72. The molecule has 0 unspecified atom stereocenters. The monoisotopic (exact) mass is 579 g/mol. The van der Waals surface area contributed by atoms with Crippen LogP contribution in [0.4, 0.5) is 11.6 Å². The van der Waals surface area contributed by atoms with E-state index >= 15 is 0 Å². The van der Waals surface area contributed by atoms with Crippen LogP contribution in [0.15, 0.2) is 144 Å². The number of aromatic nitrogens is 2. The van der Waals surface area contributed by atoms with Crippen molar-refractivity contribution in [2.45, 2.75) is 0 Å². The summed E-state index contributed by atoms with van der Waals surface area (Å²) in [6.07, 6.45) is 0. The summed E-state index contributed by atoms with van der Waals surface area (Å²) in [6, 6.07) is 42.3. The predicted octanol–water partition coefficient (Wildman–Crippen LogP) is 10.6. The molecule has 0 aliphatic carbocycles. The zero-order valence-electron chi connectivity index (χ0n) is 25.8. The number of hydrogen-bond acceptors (Lipinski definition) is 5. The molecule has 1 aliphatic rings. The summed E-state index contributed by atoms with van der Waals surface area (Å²) in [5, 5.41) is 8.17. The Kier molecular flexibility index (Phi) is 4.54. The van der Waals surface area contributed by atoms with Crippen LogP contribution in [0.25, 0.3) is 76.8 Å². The normalized spacial score (nSPS) is 13.2. The SMILES string of the molecule is [2H]c1ccc2oc3c4c(c5ccccc5c3c2c1)-c1c(c([2H])cc2ccccc12)ON4c1nc(-c2ccccc2)c2ccccc2n1. The summed E-state index contributed by atoms with van der Waals surface area (Å²) in [5.41, 5.74) is 6.10. The summed E-state index contributed by atoms with van der Waals surface area (Å²) in [4.78, 5) is 17.1. The molecule has 0 saturated carbocycles. The molecule has 210 valence electrons. The van der Waals surface area contributed by atoms with E-state index in [9.17, 15) is 1.37 Å². The highest BCUT2D eigenvalue weighted by Crippen LogP contribution is 2.55. The Morgan fingerprint density at radius 2 is 1.36 bits per heavy atom. The van der Waals surface area contributed by atoms with Crippen LogP contribution in [0.1, 0.15) is 2.74 Å². The second kappa shape index (κ2) is 9.15. The lowest BCUT2D eigenvalue weighted by Crippen LogP contribution is -2.28. The van der Waals surface area contributed by atoms with Crippen molar-refractivity contribution in [3.8, 4) is 28.1 Å². The van der Waals surface area contributed by atoms with Gasteiger partial charge >= 0.3 is 0 Å². The third kappa shape index (κ3) is 3.43. The van der Waals surface area contributed by atoms with Gasteiger partial charge in [0.05, 0.1) is 14.0 Å². The fraction of sp³-hybridized carbons (Fsp3) is 0. The highest BCUT2D eigenvalue weighted by Gasteiger charge is 2.35. The van der Waals surface area contributed by atoms with E-state index in [4.69, 9.17) is 20.6 Å². The minimum Gasteiger partial charge on any atom is -0.454 e. The van der Waals surface area contributed by atoms with Crippen molar-refractivity contribution in [2.75, 3.05) is 5.06 Å². The topological polar surface area (TPSA) is 51.4 Å². The second-order valence-electron chi connectivity index (χ2n) is 11.2. The predicted molar refractivity (Wildman–Crippen MR) is 182 cm³/mol. The summed E-state index contributed by atoms with van der Waals surface area (Å²) in [5.74, 6) is 0.739. The molecule has 5 heteroatoms. The largest absolute Gasteiger partial charge is 0.454 e. The van der Waals surface area contributed by atoms with Crippen LogP contribution in [0.3, 0.4) is 0 Å². The first-order valence-corrected chi connectivity index (χ1v) is 14.8. The fourth-order valence-corrected chi connectivity index (χ4v) is 6.78. The summed E-state index contributed by atoms with van der Waals surface area (Å²) < 4.78 is 24.3. The van der Waals surface area contributed by atoms with E-state index in [1.54, 1.807) is 11.1 Å². The van der Waals surface area contributed by atoms with Crippen molar-refractivity contribution < 1.29 is 12.0 Å². The number of anilines is 2. The van der Waals surface area contributed by atoms with Gasteiger partial charge in [0.2, 0.25) is 0 Å². The maximum absolute atomic E-state index is 9.18. The van der Waals surface area contributed by atoms with E-state index in [-0.39, 0.29) is 6.04 Å². The molecule has 1 aliphatic heterocycles. The molecule has 5 nitrogen and oxygen atoms in total. The first-order chi connectivity index (χ1) is 23.1. The maximum atomic E-state index is 9.18. The van der Waals surface area contributed by atoms with Gasteiger partial charge in [0.25, 0.3) is 5.95 Å². The zero-order chi connectivity index (χ0) is 31.2. The molecule has 0 fully saturated rings. The van der Waals surface area contributed by atoms with E-state index in [1.165, 1.54) is 0 Å².